The van der Waals surface area contributed by atoms with Gasteiger partial charge in [0.25, 0.3) is 5.76 Å². The van der Waals surface area contributed by atoms with Crippen LogP contribution in [0.1, 0.15) is 24.6 Å². The quantitative estimate of drug-likeness (QED) is 0.587. The lowest BCUT2D eigenvalue weighted by molar-refractivity contribution is 0.252. The maximum atomic E-state index is 12.3. The molecule has 1 aromatic heterocycles. The minimum Gasteiger partial charge on any atom is -0.232 e. The van der Waals surface area contributed by atoms with E-state index in [-0.39, 0.29) is 0 Å². The van der Waals surface area contributed by atoms with E-state index >= 15 is 0 Å². The lowest BCUT2D eigenvalue weighted by Crippen LogP contribution is -1.95. The molecule has 0 spiro atoms. The third-order valence-electron chi connectivity index (χ3n) is 3.03. The third kappa shape index (κ3) is 3.27. The van der Waals surface area contributed by atoms with E-state index in [1.54, 1.807) is 30.3 Å². The van der Waals surface area contributed by atoms with Crippen LogP contribution in [0, 0.1) is 0 Å². The Hall–Kier alpha value is -1.20. The van der Waals surface area contributed by atoms with Crippen molar-refractivity contribution >= 4 is 23.4 Å². The van der Waals surface area contributed by atoms with Crippen molar-refractivity contribution in [1.29, 1.82) is 0 Å². The van der Waals surface area contributed by atoms with Crippen LogP contribution >= 0.6 is 23.4 Å². The molecule has 104 valence electrons. The molecule has 0 bridgehead atoms. The van der Waals surface area contributed by atoms with E-state index in [1.165, 1.54) is 0 Å². The van der Waals surface area contributed by atoms with Crippen molar-refractivity contribution in [2.75, 3.05) is 0 Å². The molecule has 0 radical (unpaired) electrons. The first-order valence-corrected chi connectivity index (χ1v) is 7.47. The van der Waals surface area contributed by atoms with Gasteiger partial charge in [0, 0.05) is 22.4 Å². The number of thioether (sulfide) groups is 1. The number of halogens is 3. The highest BCUT2D eigenvalue weighted by atomic mass is 35.5. The van der Waals surface area contributed by atoms with Crippen LogP contribution in [0.5, 0.6) is 0 Å². The molecule has 1 fully saturated rings. The van der Waals surface area contributed by atoms with E-state index in [0.717, 1.165) is 29.9 Å². The standard InChI is InChI=1S/C14H11ClF2N2S/c15-12-7-11(18-13(19-12)9-1-2-9)8-3-5-10(6-4-8)20-14(16)17/h3-7,9,14H,1-2H2. The van der Waals surface area contributed by atoms with Crippen molar-refractivity contribution in [2.24, 2.45) is 0 Å². The molecule has 20 heavy (non-hydrogen) atoms. The Morgan fingerprint density at radius 3 is 2.45 bits per heavy atom. The summed E-state index contributed by atoms with van der Waals surface area (Å²) in [5.41, 5.74) is 1.59. The summed E-state index contributed by atoms with van der Waals surface area (Å²) in [4.78, 5) is 9.27. The number of nitrogens with zero attached hydrogens (tertiary/aromatic N) is 2. The number of hydrogen-bond acceptors (Lipinski definition) is 3. The van der Waals surface area contributed by atoms with Crippen LogP contribution in [0.15, 0.2) is 35.2 Å². The molecule has 1 aliphatic carbocycles. The summed E-state index contributed by atoms with van der Waals surface area (Å²) >= 11 is 6.55. The molecule has 0 aliphatic heterocycles. The van der Waals surface area contributed by atoms with Gasteiger partial charge in [-0.05, 0) is 25.0 Å². The topological polar surface area (TPSA) is 25.8 Å². The maximum absolute atomic E-state index is 12.3. The van der Waals surface area contributed by atoms with Gasteiger partial charge >= 0.3 is 0 Å². The van der Waals surface area contributed by atoms with Crippen LogP contribution in [0.4, 0.5) is 8.78 Å². The van der Waals surface area contributed by atoms with Gasteiger partial charge in [-0.1, -0.05) is 35.5 Å². The van der Waals surface area contributed by atoms with Gasteiger partial charge in [-0.25, -0.2) is 9.97 Å². The van der Waals surface area contributed by atoms with Gasteiger partial charge in [-0.2, -0.15) is 8.78 Å². The fourth-order valence-corrected chi connectivity index (χ4v) is 2.60. The van der Waals surface area contributed by atoms with Crippen LogP contribution in [-0.2, 0) is 0 Å². The molecule has 6 heteroatoms. The first-order chi connectivity index (χ1) is 9.61. The molecule has 2 nitrogen and oxygen atoms in total. The van der Waals surface area contributed by atoms with Crippen molar-refractivity contribution in [3.63, 3.8) is 0 Å². The highest BCUT2D eigenvalue weighted by molar-refractivity contribution is 7.99. The van der Waals surface area contributed by atoms with Crippen LogP contribution in [0.25, 0.3) is 11.3 Å². The summed E-state index contributed by atoms with van der Waals surface area (Å²) in [6, 6.07) is 8.58. The van der Waals surface area contributed by atoms with Crippen LogP contribution < -0.4 is 0 Å². The summed E-state index contributed by atoms with van der Waals surface area (Å²) in [7, 11) is 0. The van der Waals surface area contributed by atoms with Gasteiger partial charge in [-0.15, -0.1) is 0 Å². The third-order valence-corrected chi connectivity index (χ3v) is 3.95. The van der Waals surface area contributed by atoms with Crippen molar-refractivity contribution in [2.45, 2.75) is 29.4 Å². The average molecular weight is 313 g/mol. The largest absolute Gasteiger partial charge is 0.288 e. The zero-order valence-electron chi connectivity index (χ0n) is 10.4. The maximum Gasteiger partial charge on any atom is 0.288 e. The molecule has 1 saturated carbocycles. The molecular formula is C14H11ClF2N2S. The molecule has 1 heterocycles. The summed E-state index contributed by atoms with van der Waals surface area (Å²) in [6.07, 6.45) is 2.20. The Labute approximate surface area is 124 Å². The molecule has 0 saturated heterocycles. The Morgan fingerprint density at radius 2 is 1.85 bits per heavy atom. The number of aromatic nitrogens is 2. The molecule has 1 aliphatic rings. The van der Waals surface area contributed by atoms with E-state index in [1.807, 2.05) is 0 Å². The highest BCUT2D eigenvalue weighted by Gasteiger charge is 2.27. The lowest BCUT2D eigenvalue weighted by Gasteiger charge is -2.06. The molecule has 0 N–H and O–H groups in total. The van der Waals surface area contributed by atoms with E-state index in [4.69, 9.17) is 11.6 Å². The number of hydrogen-bond donors (Lipinski definition) is 0. The summed E-state index contributed by atoms with van der Waals surface area (Å²) < 4.78 is 24.5. The molecule has 0 unspecified atom stereocenters. The van der Waals surface area contributed by atoms with Crippen molar-refractivity contribution in [3.8, 4) is 11.3 Å². The van der Waals surface area contributed by atoms with Crippen LogP contribution in [0.3, 0.4) is 0 Å². The summed E-state index contributed by atoms with van der Waals surface area (Å²) in [6.45, 7) is 0. The molecule has 2 aromatic rings. The fourth-order valence-electron chi connectivity index (χ4n) is 1.91. The number of rotatable bonds is 4. The molecular weight excluding hydrogens is 302 g/mol. The Bertz CT molecular complexity index is 615. The van der Waals surface area contributed by atoms with Gasteiger partial charge in [0.1, 0.15) is 11.0 Å². The van der Waals surface area contributed by atoms with Crippen molar-refractivity contribution in [3.05, 3.63) is 41.3 Å². The van der Waals surface area contributed by atoms with Gasteiger partial charge in [0.05, 0.1) is 5.69 Å². The Morgan fingerprint density at radius 1 is 1.15 bits per heavy atom. The van der Waals surface area contributed by atoms with Crippen LogP contribution in [-0.4, -0.2) is 15.7 Å². The van der Waals surface area contributed by atoms with Gasteiger partial charge in [0.15, 0.2) is 0 Å². The summed E-state index contributed by atoms with van der Waals surface area (Å²) in [5, 5.41) is 0.419. The van der Waals surface area contributed by atoms with Gasteiger partial charge in [0.2, 0.25) is 0 Å². The Balaban J connectivity index is 1.88. The molecule has 3 rings (SSSR count). The van der Waals surface area contributed by atoms with Gasteiger partial charge < -0.3 is 0 Å². The number of alkyl halides is 2. The minimum absolute atomic E-state index is 0.418. The van der Waals surface area contributed by atoms with Gasteiger partial charge in [-0.3, -0.25) is 0 Å². The fraction of sp³-hybridized carbons (Fsp3) is 0.286. The summed E-state index contributed by atoms with van der Waals surface area (Å²) in [5.74, 6) is -1.21. The molecule has 0 amide bonds. The second-order valence-electron chi connectivity index (χ2n) is 4.61. The second kappa shape index (κ2) is 5.66. The van der Waals surface area contributed by atoms with Crippen molar-refractivity contribution in [1.82, 2.24) is 9.97 Å². The zero-order valence-corrected chi connectivity index (χ0v) is 12.0. The monoisotopic (exact) mass is 312 g/mol. The SMILES string of the molecule is FC(F)Sc1ccc(-c2cc(Cl)nc(C3CC3)n2)cc1. The highest BCUT2D eigenvalue weighted by Crippen LogP contribution is 2.39. The number of benzene rings is 1. The lowest BCUT2D eigenvalue weighted by atomic mass is 10.1. The van der Waals surface area contributed by atoms with E-state index in [0.29, 0.717) is 27.7 Å². The predicted molar refractivity (Wildman–Crippen MR) is 76.3 cm³/mol. The molecule has 0 atom stereocenters. The minimum atomic E-state index is -2.41. The van der Waals surface area contributed by atoms with E-state index in [9.17, 15) is 8.78 Å². The molecule has 1 aromatic carbocycles. The van der Waals surface area contributed by atoms with E-state index < -0.39 is 5.76 Å². The van der Waals surface area contributed by atoms with Crippen molar-refractivity contribution < 1.29 is 8.78 Å². The first kappa shape index (κ1) is 13.8. The van der Waals surface area contributed by atoms with Crippen LogP contribution in [0.2, 0.25) is 5.15 Å². The smallest absolute Gasteiger partial charge is 0.232 e. The normalized spacial score (nSPS) is 14.8. The zero-order chi connectivity index (χ0) is 14.1. The Kier molecular flexibility index (Phi) is 3.89. The predicted octanol–water partition coefficient (Wildman–Crippen LogP) is 4.99. The van der Waals surface area contributed by atoms with E-state index in [2.05, 4.69) is 9.97 Å². The second-order valence-corrected chi connectivity index (χ2v) is 6.06. The first-order valence-electron chi connectivity index (χ1n) is 6.21. The average Bonchev–Trinajstić information content (AvgIpc) is 3.22.